The summed E-state index contributed by atoms with van der Waals surface area (Å²) in [6.07, 6.45) is -0.961. The summed E-state index contributed by atoms with van der Waals surface area (Å²) in [6.45, 7) is 5.28. The quantitative estimate of drug-likeness (QED) is 0.852. The lowest BCUT2D eigenvalue weighted by Gasteiger charge is -2.14. The lowest BCUT2D eigenvalue weighted by molar-refractivity contribution is -0.123. The van der Waals surface area contributed by atoms with Gasteiger partial charge in [-0.3, -0.25) is 9.48 Å². The first kappa shape index (κ1) is 16.8. The molecular weight excluding hydrogens is 326 g/mol. The van der Waals surface area contributed by atoms with E-state index in [4.69, 9.17) is 14.2 Å². The zero-order valence-corrected chi connectivity index (χ0v) is 14.5. The summed E-state index contributed by atoms with van der Waals surface area (Å²) >= 11 is 0. The second kappa shape index (κ2) is 6.46. The number of esters is 1. The molecule has 2 aromatic rings. The molecule has 1 atom stereocenters. The Hall–Kier alpha value is -3.03. The van der Waals surface area contributed by atoms with Crippen LogP contribution in [0.3, 0.4) is 0 Å². The van der Waals surface area contributed by atoms with Gasteiger partial charge in [-0.15, -0.1) is 0 Å². The number of amides is 1. The maximum atomic E-state index is 12.3. The normalized spacial score (nSPS) is 13.4. The van der Waals surface area contributed by atoms with Crippen LogP contribution in [0.5, 0.6) is 11.5 Å². The highest BCUT2D eigenvalue weighted by atomic mass is 16.7. The first-order chi connectivity index (χ1) is 11.9. The number of hydrogen-bond donors (Lipinski definition) is 1. The third-order valence-corrected chi connectivity index (χ3v) is 4.02. The van der Waals surface area contributed by atoms with Crippen molar-refractivity contribution in [2.75, 3.05) is 12.1 Å². The second-order valence-electron chi connectivity index (χ2n) is 5.77. The third kappa shape index (κ3) is 3.28. The SMILES string of the molecule is Cc1nn(C)c(C)c1NC(=O)[C@H](C)OC(=O)c1ccc2c(c1)OCO2. The van der Waals surface area contributed by atoms with Gasteiger partial charge < -0.3 is 19.5 Å². The van der Waals surface area contributed by atoms with Crippen molar-refractivity contribution < 1.29 is 23.8 Å². The molecule has 1 amide bonds. The number of rotatable bonds is 4. The number of aryl methyl sites for hydroxylation is 2. The molecule has 8 heteroatoms. The Morgan fingerprint density at radius 2 is 2.00 bits per heavy atom. The molecular formula is C17H19N3O5. The van der Waals surface area contributed by atoms with Gasteiger partial charge in [-0.1, -0.05) is 0 Å². The third-order valence-electron chi connectivity index (χ3n) is 4.02. The van der Waals surface area contributed by atoms with Gasteiger partial charge in [0.2, 0.25) is 6.79 Å². The molecule has 2 heterocycles. The molecule has 0 saturated carbocycles. The maximum absolute atomic E-state index is 12.3. The van der Waals surface area contributed by atoms with Crippen molar-refractivity contribution >= 4 is 17.6 Å². The number of carbonyl (C=O) groups excluding carboxylic acids is 2. The highest BCUT2D eigenvalue weighted by molar-refractivity contribution is 5.98. The summed E-state index contributed by atoms with van der Waals surface area (Å²) in [4.78, 5) is 24.5. The van der Waals surface area contributed by atoms with Crippen molar-refractivity contribution in [3.05, 3.63) is 35.2 Å². The van der Waals surface area contributed by atoms with Gasteiger partial charge in [-0.2, -0.15) is 5.10 Å². The van der Waals surface area contributed by atoms with Crippen LogP contribution in [0.1, 0.15) is 28.7 Å². The Bertz CT molecular complexity index is 843. The zero-order valence-electron chi connectivity index (χ0n) is 14.5. The topological polar surface area (TPSA) is 91.7 Å². The largest absolute Gasteiger partial charge is 0.454 e. The molecule has 0 spiro atoms. The molecule has 0 aliphatic carbocycles. The number of benzene rings is 1. The van der Waals surface area contributed by atoms with E-state index in [1.54, 1.807) is 30.8 Å². The van der Waals surface area contributed by atoms with Gasteiger partial charge >= 0.3 is 5.97 Å². The number of hydrogen-bond acceptors (Lipinski definition) is 6. The molecule has 8 nitrogen and oxygen atoms in total. The summed E-state index contributed by atoms with van der Waals surface area (Å²) in [7, 11) is 1.79. The minimum absolute atomic E-state index is 0.121. The predicted molar refractivity (Wildman–Crippen MR) is 88.8 cm³/mol. The number of aromatic nitrogens is 2. The molecule has 1 aliphatic rings. The summed E-state index contributed by atoms with van der Waals surface area (Å²) in [5.74, 6) is 0.0203. The Labute approximate surface area is 144 Å². The van der Waals surface area contributed by atoms with Gasteiger partial charge in [0.15, 0.2) is 17.6 Å². The number of carbonyl (C=O) groups is 2. The summed E-state index contributed by atoms with van der Waals surface area (Å²) in [5, 5.41) is 6.99. The molecule has 3 rings (SSSR count). The molecule has 1 aliphatic heterocycles. The zero-order chi connectivity index (χ0) is 18.1. The lowest BCUT2D eigenvalue weighted by atomic mass is 10.2. The van der Waals surface area contributed by atoms with Gasteiger partial charge in [0.1, 0.15) is 0 Å². The van der Waals surface area contributed by atoms with Crippen LogP contribution in [0.15, 0.2) is 18.2 Å². The van der Waals surface area contributed by atoms with E-state index in [-0.39, 0.29) is 12.4 Å². The Kier molecular flexibility index (Phi) is 4.35. The monoisotopic (exact) mass is 345 g/mol. The molecule has 25 heavy (non-hydrogen) atoms. The Morgan fingerprint density at radius 1 is 1.28 bits per heavy atom. The number of fused-ring (bicyclic) bond motifs is 1. The lowest BCUT2D eigenvalue weighted by Crippen LogP contribution is -2.30. The molecule has 0 radical (unpaired) electrons. The summed E-state index contributed by atoms with van der Waals surface area (Å²) in [6, 6.07) is 4.73. The second-order valence-corrected chi connectivity index (χ2v) is 5.77. The van der Waals surface area contributed by atoms with Crippen molar-refractivity contribution in [3.63, 3.8) is 0 Å². The highest BCUT2D eigenvalue weighted by Crippen LogP contribution is 2.32. The van der Waals surface area contributed by atoms with Gasteiger partial charge in [0.05, 0.1) is 22.6 Å². The molecule has 0 bridgehead atoms. The van der Waals surface area contributed by atoms with E-state index in [2.05, 4.69) is 10.4 Å². The highest BCUT2D eigenvalue weighted by Gasteiger charge is 2.23. The van der Waals surface area contributed by atoms with Crippen LogP contribution in [-0.4, -0.2) is 34.6 Å². The first-order valence-corrected chi connectivity index (χ1v) is 7.78. The van der Waals surface area contributed by atoms with Gasteiger partial charge in [-0.25, -0.2) is 4.79 Å². The molecule has 0 saturated heterocycles. The fourth-order valence-corrected chi connectivity index (χ4v) is 2.48. The Balaban J connectivity index is 1.66. The number of nitrogens with one attached hydrogen (secondary N) is 1. The Morgan fingerprint density at radius 3 is 2.68 bits per heavy atom. The van der Waals surface area contributed by atoms with Crippen LogP contribution in [0, 0.1) is 13.8 Å². The molecule has 1 aromatic carbocycles. The van der Waals surface area contributed by atoms with Crippen LogP contribution in [0.2, 0.25) is 0 Å². The van der Waals surface area contributed by atoms with E-state index >= 15 is 0 Å². The van der Waals surface area contributed by atoms with Gasteiger partial charge in [0.25, 0.3) is 5.91 Å². The van der Waals surface area contributed by atoms with Crippen LogP contribution in [0.25, 0.3) is 0 Å². The van der Waals surface area contributed by atoms with E-state index in [0.717, 1.165) is 5.69 Å². The molecule has 1 aromatic heterocycles. The fraction of sp³-hybridized carbons (Fsp3) is 0.353. The predicted octanol–water partition coefficient (Wildman–Crippen LogP) is 1.95. The van der Waals surface area contributed by atoms with E-state index in [1.165, 1.54) is 13.0 Å². The standard InChI is InChI=1S/C17H19N3O5/c1-9-15(10(2)20(4)19-9)18-16(21)11(3)25-17(22)12-5-6-13-14(7-12)24-8-23-13/h5-7,11H,8H2,1-4H3,(H,18,21)/t11-/m0/s1. The fourth-order valence-electron chi connectivity index (χ4n) is 2.48. The van der Waals surface area contributed by atoms with E-state index < -0.39 is 18.0 Å². The smallest absolute Gasteiger partial charge is 0.339 e. The van der Waals surface area contributed by atoms with Crippen molar-refractivity contribution in [3.8, 4) is 11.5 Å². The minimum Gasteiger partial charge on any atom is -0.454 e. The van der Waals surface area contributed by atoms with Crippen molar-refractivity contribution in [2.45, 2.75) is 26.9 Å². The molecule has 0 unspecified atom stereocenters. The van der Waals surface area contributed by atoms with E-state index in [1.807, 2.05) is 6.92 Å². The van der Waals surface area contributed by atoms with Crippen molar-refractivity contribution in [2.24, 2.45) is 7.05 Å². The summed E-state index contributed by atoms with van der Waals surface area (Å²) < 4.78 is 17.3. The van der Waals surface area contributed by atoms with E-state index in [0.29, 0.717) is 22.9 Å². The summed E-state index contributed by atoms with van der Waals surface area (Å²) in [5.41, 5.74) is 2.43. The van der Waals surface area contributed by atoms with E-state index in [9.17, 15) is 9.59 Å². The van der Waals surface area contributed by atoms with Gasteiger partial charge in [0, 0.05) is 7.05 Å². The van der Waals surface area contributed by atoms with Crippen molar-refractivity contribution in [1.29, 1.82) is 0 Å². The van der Waals surface area contributed by atoms with Crippen LogP contribution < -0.4 is 14.8 Å². The van der Waals surface area contributed by atoms with Gasteiger partial charge in [-0.05, 0) is 39.0 Å². The van der Waals surface area contributed by atoms with Crippen LogP contribution in [0.4, 0.5) is 5.69 Å². The molecule has 0 fully saturated rings. The van der Waals surface area contributed by atoms with Crippen LogP contribution >= 0.6 is 0 Å². The average molecular weight is 345 g/mol. The molecule has 132 valence electrons. The minimum atomic E-state index is -0.961. The van der Waals surface area contributed by atoms with Crippen molar-refractivity contribution in [1.82, 2.24) is 9.78 Å². The number of nitrogens with zero attached hydrogens (tertiary/aromatic N) is 2. The average Bonchev–Trinajstić information content (AvgIpc) is 3.14. The first-order valence-electron chi connectivity index (χ1n) is 7.78. The number of ether oxygens (including phenoxy) is 3. The molecule has 1 N–H and O–H groups in total. The number of anilines is 1. The van der Waals surface area contributed by atoms with Crippen LogP contribution in [-0.2, 0) is 16.6 Å². The maximum Gasteiger partial charge on any atom is 0.339 e.